The quantitative estimate of drug-likeness (QED) is 0.697. The van der Waals surface area contributed by atoms with Crippen LogP contribution in [0.2, 0.25) is 0 Å². The summed E-state index contributed by atoms with van der Waals surface area (Å²) < 4.78 is 0. The van der Waals surface area contributed by atoms with Crippen molar-refractivity contribution in [2.45, 2.75) is 38.6 Å². The Morgan fingerprint density at radius 1 is 1.36 bits per heavy atom. The molecular formula is C12H24N2. The molecule has 0 amide bonds. The molecule has 2 N–H and O–H groups in total. The molecular weight excluding hydrogens is 172 g/mol. The Labute approximate surface area is 88.2 Å². The molecule has 1 aliphatic rings. The van der Waals surface area contributed by atoms with E-state index in [9.17, 15) is 0 Å². The van der Waals surface area contributed by atoms with Gasteiger partial charge < -0.3 is 10.6 Å². The Kier molecular flexibility index (Phi) is 4.63. The summed E-state index contributed by atoms with van der Waals surface area (Å²) in [7, 11) is 2.18. The number of rotatable bonds is 4. The van der Waals surface area contributed by atoms with Crippen molar-refractivity contribution in [3.63, 3.8) is 0 Å². The summed E-state index contributed by atoms with van der Waals surface area (Å²) in [4.78, 5) is 2.38. The molecule has 1 fully saturated rings. The Hall–Kier alpha value is -0.340. The van der Waals surface area contributed by atoms with Gasteiger partial charge in [-0.2, -0.15) is 0 Å². The first-order chi connectivity index (χ1) is 6.58. The molecule has 2 nitrogen and oxygen atoms in total. The van der Waals surface area contributed by atoms with Crippen LogP contribution in [0, 0.1) is 5.92 Å². The third-order valence-corrected chi connectivity index (χ3v) is 3.00. The van der Waals surface area contributed by atoms with Gasteiger partial charge in [-0.1, -0.05) is 12.2 Å². The molecule has 0 aromatic rings. The van der Waals surface area contributed by atoms with E-state index < -0.39 is 0 Å². The molecule has 0 bridgehead atoms. The Morgan fingerprint density at radius 3 is 2.43 bits per heavy atom. The Morgan fingerprint density at radius 2 is 1.93 bits per heavy atom. The van der Waals surface area contributed by atoms with Gasteiger partial charge in [0, 0.05) is 19.1 Å². The second-order valence-electron chi connectivity index (χ2n) is 4.93. The van der Waals surface area contributed by atoms with Crippen molar-refractivity contribution >= 4 is 0 Å². The SMILES string of the molecule is C=C(C)CN(C)CC1CCC(N)CC1. The van der Waals surface area contributed by atoms with Crippen LogP contribution in [0.4, 0.5) is 0 Å². The first-order valence-corrected chi connectivity index (χ1v) is 5.66. The highest BCUT2D eigenvalue weighted by Gasteiger charge is 2.19. The zero-order valence-electron chi connectivity index (χ0n) is 9.63. The molecule has 1 aliphatic carbocycles. The molecule has 0 heterocycles. The summed E-state index contributed by atoms with van der Waals surface area (Å²) in [5, 5.41) is 0. The Balaban J connectivity index is 2.20. The lowest BCUT2D eigenvalue weighted by Crippen LogP contribution is -2.33. The van der Waals surface area contributed by atoms with Crippen LogP contribution in [0.5, 0.6) is 0 Å². The van der Waals surface area contributed by atoms with Crippen LogP contribution in [0.3, 0.4) is 0 Å². The van der Waals surface area contributed by atoms with E-state index in [2.05, 4.69) is 25.5 Å². The molecule has 0 spiro atoms. The molecule has 82 valence electrons. The normalized spacial score (nSPS) is 28.0. The van der Waals surface area contributed by atoms with Crippen LogP contribution >= 0.6 is 0 Å². The van der Waals surface area contributed by atoms with Crippen LogP contribution in [0.25, 0.3) is 0 Å². The minimum absolute atomic E-state index is 0.470. The van der Waals surface area contributed by atoms with E-state index in [4.69, 9.17) is 5.73 Å². The molecule has 2 heteroatoms. The summed E-state index contributed by atoms with van der Waals surface area (Å²) in [6.07, 6.45) is 5.04. The largest absolute Gasteiger partial charge is 0.328 e. The lowest BCUT2D eigenvalue weighted by molar-refractivity contribution is 0.234. The number of hydrogen-bond donors (Lipinski definition) is 1. The monoisotopic (exact) mass is 196 g/mol. The Bertz CT molecular complexity index is 181. The first kappa shape index (κ1) is 11.7. The van der Waals surface area contributed by atoms with Crippen LogP contribution < -0.4 is 5.73 Å². The number of likely N-dealkylation sites (N-methyl/N-ethyl adjacent to an activating group) is 1. The van der Waals surface area contributed by atoms with Crippen molar-refractivity contribution in [2.24, 2.45) is 11.7 Å². The zero-order chi connectivity index (χ0) is 10.6. The van der Waals surface area contributed by atoms with Gasteiger partial charge in [-0.3, -0.25) is 0 Å². The average molecular weight is 196 g/mol. The maximum Gasteiger partial charge on any atom is 0.0184 e. The lowest BCUT2D eigenvalue weighted by Gasteiger charge is -2.29. The predicted octanol–water partition coefficient (Wildman–Crippen LogP) is 2.01. The summed E-state index contributed by atoms with van der Waals surface area (Å²) in [5.74, 6) is 0.860. The van der Waals surface area contributed by atoms with E-state index in [-0.39, 0.29) is 0 Å². The summed E-state index contributed by atoms with van der Waals surface area (Å²) in [6, 6.07) is 0.470. The number of nitrogens with zero attached hydrogens (tertiary/aromatic N) is 1. The van der Waals surface area contributed by atoms with E-state index in [1.807, 2.05) is 0 Å². The van der Waals surface area contributed by atoms with E-state index in [1.54, 1.807) is 0 Å². The molecule has 0 saturated heterocycles. The van der Waals surface area contributed by atoms with E-state index in [0.717, 1.165) is 12.5 Å². The van der Waals surface area contributed by atoms with E-state index in [0.29, 0.717) is 6.04 Å². The highest BCUT2D eigenvalue weighted by molar-refractivity contribution is 4.91. The van der Waals surface area contributed by atoms with Crippen molar-refractivity contribution < 1.29 is 0 Å². The molecule has 1 saturated carbocycles. The van der Waals surface area contributed by atoms with Crippen molar-refractivity contribution in [3.05, 3.63) is 12.2 Å². The topological polar surface area (TPSA) is 29.3 Å². The summed E-state index contributed by atoms with van der Waals surface area (Å²) >= 11 is 0. The maximum atomic E-state index is 5.88. The van der Waals surface area contributed by atoms with Gasteiger partial charge in [-0.15, -0.1) is 0 Å². The van der Waals surface area contributed by atoms with E-state index in [1.165, 1.54) is 37.8 Å². The van der Waals surface area contributed by atoms with Crippen LogP contribution in [-0.4, -0.2) is 31.1 Å². The van der Waals surface area contributed by atoms with Crippen molar-refractivity contribution in [1.82, 2.24) is 4.90 Å². The van der Waals surface area contributed by atoms with Crippen molar-refractivity contribution in [3.8, 4) is 0 Å². The molecule has 0 radical (unpaired) electrons. The third-order valence-electron chi connectivity index (χ3n) is 3.00. The summed E-state index contributed by atoms with van der Waals surface area (Å²) in [6.45, 7) is 8.27. The highest BCUT2D eigenvalue weighted by atomic mass is 15.1. The molecule has 0 aliphatic heterocycles. The van der Waals surface area contributed by atoms with Crippen LogP contribution in [0.15, 0.2) is 12.2 Å². The predicted molar refractivity (Wildman–Crippen MR) is 62.2 cm³/mol. The van der Waals surface area contributed by atoms with Crippen LogP contribution in [0.1, 0.15) is 32.6 Å². The fraction of sp³-hybridized carbons (Fsp3) is 0.833. The number of nitrogens with two attached hydrogens (primary N) is 1. The second-order valence-corrected chi connectivity index (χ2v) is 4.93. The highest BCUT2D eigenvalue weighted by Crippen LogP contribution is 2.23. The van der Waals surface area contributed by atoms with Gasteiger partial charge in [0.05, 0.1) is 0 Å². The van der Waals surface area contributed by atoms with Crippen molar-refractivity contribution in [1.29, 1.82) is 0 Å². The number of hydrogen-bond acceptors (Lipinski definition) is 2. The fourth-order valence-corrected chi connectivity index (χ4v) is 2.34. The van der Waals surface area contributed by atoms with Gasteiger partial charge in [0.1, 0.15) is 0 Å². The van der Waals surface area contributed by atoms with Crippen LogP contribution in [-0.2, 0) is 0 Å². The van der Waals surface area contributed by atoms with Gasteiger partial charge in [-0.05, 0) is 45.6 Å². The molecule has 0 aromatic heterocycles. The minimum Gasteiger partial charge on any atom is -0.328 e. The minimum atomic E-state index is 0.470. The third kappa shape index (κ3) is 4.25. The standard InChI is InChI=1S/C12H24N2/c1-10(2)8-14(3)9-11-4-6-12(13)7-5-11/h11-12H,1,4-9,13H2,2-3H3. The molecule has 14 heavy (non-hydrogen) atoms. The molecule has 0 unspecified atom stereocenters. The maximum absolute atomic E-state index is 5.88. The zero-order valence-corrected chi connectivity index (χ0v) is 9.63. The van der Waals surface area contributed by atoms with Gasteiger partial charge >= 0.3 is 0 Å². The molecule has 1 rings (SSSR count). The smallest absolute Gasteiger partial charge is 0.0184 e. The van der Waals surface area contributed by atoms with Gasteiger partial charge in [0.25, 0.3) is 0 Å². The lowest BCUT2D eigenvalue weighted by atomic mass is 9.86. The first-order valence-electron chi connectivity index (χ1n) is 5.66. The van der Waals surface area contributed by atoms with Gasteiger partial charge in [0.15, 0.2) is 0 Å². The fourth-order valence-electron chi connectivity index (χ4n) is 2.34. The average Bonchev–Trinajstić information content (AvgIpc) is 2.07. The van der Waals surface area contributed by atoms with E-state index >= 15 is 0 Å². The van der Waals surface area contributed by atoms with Gasteiger partial charge in [0.2, 0.25) is 0 Å². The molecule has 0 aromatic carbocycles. The summed E-state index contributed by atoms with van der Waals surface area (Å²) in [5.41, 5.74) is 7.13. The van der Waals surface area contributed by atoms with Crippen molar-refractivity contribution in [2.75, 3.05) is 20.1 Å². The van der Waals surface area contributed by atoms with Gasteiger partial charge in [-0.25, -0.2) is 0 Å². The molecule has 0 atom stereocenters. The second kappa shape index (κ2) is 5.52.